The molecule has 64 valence electrons. The highest BCUT2D eigenvalue weighted by Crippen LogP contribution is 2.30. The average molecular weight is 165 g/mol. The van der Waals surface area contributed by atoms with Crippen molar-refractivity contribution < 1.29 is 18.7 Å². The van der Waals surface area contributed by atoms with Gasteiger partial charge < -0.3 is 5.11 Å². The number of halogens is 2. The van der Waals surface area contributed by atoms with Crippen LogP contribution in [0.5, 0.6) is 0 Å². The van der Waals surface area contributed by atoms with E-state index in [1.807, 2.05) is 0 Å². The van der Waals surface area contributed by atoms with E-state index in [1.165, 1.54) is 6.92 Å². The van der Waals surface area contributed by atoms with Crippen molar-refractivity contribution in [1.82, 2.24) is 5.32 Å². The molecular weight excluding hydrogens is 156 g/mol. The van der Waals surface area contributed by atoms with Gasteiger partial charge in [-0.1, -0.05) is 0 Å². The van der Waals surface area contributed by atoms with Crippen LogP contribution in [0.15, 0.2) is 0 Å². The zero-order valence-corrected chi connectivity index (χ0v) is 5.97. The Balaban J connectivity index is 2.64. The minimum Gasteiger partial charge on any atom is -0.480 e. The predicted molar refractivity (Wildman–Crippen MR) is 33.6 cm³/mol. The fraction of sp³-hybridized carbons (Fsp3) is 0.833. The fourth-order valence-electron chi connectivity index (χ4n) is 1.09. The quantitative estimate of drug-likeness (QED) is 0.593. The molecule has 3 nitrogen and oxygen atoms in total. The maximum atomic E-state index is 12.6. The van der Waals surface area contributed by atoms with Crippen LogP contribution in [0.4, 0.5) is 8.78 Å². The monoisotopic (exact) mass is 165 g/mol. The second-order valence-electron chi connectivity index (χ2n) is 2.74. The Morgan fingerprint density at radius 2 is 2.27 bits per heavy atom. The van der Waals surface area contributed by atoms with Crippen molar-refractivity contribution in [2.75, 3.05) is 0 Å². The molecule has 0 aromatic heterocycles. The number of alkyl halides is 2. The highest BCUT2D eigenvalue weighted by atomic mass is 19.3. The van der Waals surface area contributed by atoms with E-state index in [-0.39, 0.29) is 0 Å². The van der Waals surface area contributed by atoms with Crippen LogP contribution >= 0.6 is 0 Å². The van der Waals surface area contributed by atoms with Gasteiger partial charge in [0.1, 0.15) is 6.04 Å². The summed E-state index contributed by atoms with van der Waals surface area (Å²) in [5, 5.41) is 10.7. The van der Waals surface area contributed by atoms with Gasteiger partial charge in [0.15, 0.2) is 0 Å². The molecule has 0 aromatic rings. The molecular formula is C6H9F2NO2. The van der Waals surface area contributed by atoms with Gasteiger partial charge >= 0.3 is 5.97 Å². The van der Waals surface area contributed by atoms with E-state index in [2.05, 4.69) is 5.32 Å². The van der Waals surface area contributed by atoms with Crippen LogP contribution in [0.3, 0.4) is 0 Å². The van der Waals surface area contributed by atoms with Crippen molar-refractivity contribution in [3.8, 4) is 0 Å². The van der Waals surface area contributed by atoms with Gasteiger partial charge in [0, 0.05) is 6.42 Å². The summed E-state index contributed by atoms with van der Waals surface area (Å²) >= 11 is 0. The number of carboxylic acid groups (broad SMARTS) is 1. The van der Waals surface area contributed by atoms with Crippen LogP contribution in [-0.2, 0) is 4.79 Å². The second kappa shape index (κ2) is 2.41. The SMILES string of the molecule is CC1NC(C(=O)O)CC1(F)F. The average Bonchev–Trinajstić information content (AvgIpc) is 2.08. The summed E-state index contributed by atoms with van der Waals surface area (Å²) in [7, 11) is 0. The van der Waals surface area contributed by atoms with Crippen LogP contribution in [0.2, 0.25) is 0 Å². The van der Waals surface area contributed by atoms with Gasteiger partial charge in [-0.3, -0.25) is 10.1 Å². The number of hydrogen-bond donors (Lipinski definition) is 2. The van der Waals surface area contributed by atoms with Crippen LogP contribution in [0, 0.1) is 0 Å². The lowest BCUT2D eigenvalue weighted by molar-refractivity contribution is -0.139. The first kappa shape index (κ1) is 8.39. The van der Waals surface area contributed by atoms with Gasteiger partial charge in [0.05, 0.1) is 6.04 Å². The number of aliphatic carboxylic acids is 1. The summed E-state index contributed by atoms with van der Waals surface area (Å²) < 4.78 is 25.2. The highest BCUT2D eigenvalue weighted by molar-refractivity contribution is 5.74. The molecule has 0 amide bonds. The molecule has 2 N–H and O–H groups in total. The Hall–Kier alpha value is -0.710. The van der Waals surface area contributed by atoms with E-state index in [1.54, 1.807) is 0 Å². The van der Waals surface area contributed by atoms with Crippen molar-refractivity contribution in [2.24, 2.45) is 0 Å². The lowest BCUT2D eigenvalue weighted by Gasteiger charge is -2.11. The predicted octanol–water partition coefficient (Wildman–Crippen LogP) is 0.457. The molecule has 0 aliphatic carbocycles. The minimum atomic E-state index is -2.89. The van der Waals surface area contributed by atoms with E-state index in [4.69, 9.17) is 5.11 Å². The first-order chi connectivity index (χ1) is 4.93. The number of carbonyl (C=O) groups is 1. The minimum absolute atomic E-state index is 0.608. The van der Waals surface area contributed by atoms with Crippen molar-refractivity contribution in [3.63, 3.8) is 0 Å². The standard InChI is InChI=1S/C6H9F2NO2/c1-3-6(7,8)2-4(9-3)5(10)11/h3-4,9H,2H2,1H3,(H,10,11). The second-order valence-corrected chi connectivity index (χ2v) is 2.74. The Bertz CT molecular complexity index is 183. The van der Waals surface area contributed by atoms with Gasteiger partial charge in [-0.15, -0.1) is 0 Å². The summed E-state index contributed by atoms with van der Waals surface area (Å²) in [6, 6.07) is -2.14. The molecule has 0 saturated carbocycles. The molecule has 1 heterocycles. The molecule has 5 heteroatoms. The summed E-state index contributed by atoms with van der Waals surface area (Å²) in [6.45, 7) is 1.28. The smallest absolute Gasteiger partial charge is 0.320 e. The summed E-state index contributed by atoms with van der Waals surface area (Å²) in [4.78, 5) is 10.2. The Morgan fingerprint density at radius 1 is 1.73 bits per heavy atom. The molecule has 1 aliphatic heterocycles. The van der Waals surface area contributed by atoms with Gasteiger partial charge in [-0.25, -0.2) is 8.78 Å². The van der Waals surface area contributed by atoms with Crippen molar-refractivity contribution in [3.05, 3.63) is 0 Å². The Kier molecular flexibility index (Phi) is 1.83. The topological polar surface area (TPSA) is 49.3 Å². The first-order valence-electron chi connectivity index (χ1n) is 3.30. The van der Waals surface area contributed by atoms with Crippen molar-refractivity contribution >= 4 is 5.97 Å². The highest BCUT2D eigenvalue weighted by Gasteiger charge is 2.48. The number of nitrogens with one attached hydrogen (secondary N) is 1. The lowest BCUT2D eigenvalue weighted by Crippen LogP contribution is -2.36. The molecule has 2 unspecified atom stereocenters. The Morgan fingerprint density at radius 3 is 2.45 bits per heavy atom. The summed E-state index contributed by atoms with van der Waals surface area (Å²) in [6.07, 6.45) is -0.608. The van der Waals surface area contributed by atoms with Gasteiger partial charge in [0.25, 0.3) is 5.92 Å². The zero-order chi connectivity index (χ0) is 8.65. The number of rotatable bonds is 1. The molecule has 0 aromatic carbocycles. The molecule has 0 radical (unpaired) electrons. The van der Waals surface area contributed by atoms with Crippen LogP contribution < -0.4 is 5.32 Å². The maximum Gasteiger partial charge on any atom is 0.320 e. The van der Waals surface area contributed by atoms with Crippen molar-refractivity contribution in [2.45, 2.75) is 31.4 Å². The first-order valence-corrected chi connectivity index (χ1v) is 3.30. The third-order valence-corrected chi connectivity index (χ3v) is 1.86. The largest absolute Gasteiger partial charge is 0.480 e. The fourth-order valence-corrected chi connectivity index (χ4v) is 1.09. The van der Waals surface area contributed by atoms with E-state index in [9.17, 15) is 13.6 Å². The van der Waals surface area contributed by atoms with Gasteiger partial charge in [-0.05, 0) is 6.92 Å². The molecule has 1 saturated heterocycles. The number of carboxylic acids is 1. The van der Waals surface area contributed by atoms with Gasteiger partial charge in [0.2, 0.25) is 0 Å². The van der Waals surface area contributed by atoms with E-state index < -0.39 is 30.4 Å². The molecule has 0 spiro atoms. The molecule has 0 bridgehead atoms. The van der Waals surface area contributed by atoms with Gasteiger partial charge in [-0.2, -0.15) is 0 Å². The number of hydrogen-bond acceptors (Lipinski definition) is 2. The zero-order valence-electron chi connectivity index (χ0n) is 5.97. The lowest BCUT2D eigenvalue weighted by atomic mass is 10.1. The normalized spacial score (nSPS) is 35.5. The van der Waals surface area contributed by atoms with E-state index in [0.717, 1.165) is 0 Å². The molecule has 1 aliphatic rings. The van der Waals surface area contributed by atoms with E-state index >= 15 is 0 Å². The molecule has 11 heavy (non-hydrogen) atoms. The van der Waals surface area contributed by atoms with Crippen LogP contribution in [0.25, 0.3) is 0 Å². The van der Waals surface area contributed by atoms with Crippen LogP contribution in [0.1, 0.15) is 13.3 Å². The molecule has 1 rings (SSSR count). The van der Waals surface area contributed by atoms with Crippen LogP contribution in [-0.4, -0.2) is 29.1 Å². The molecule has 1 fully saturated rings. The summed E-state index contributed by atoms with van der Waals surface area (Å²) in [5.74, 6) is -4.10. The summed E-state index contributed by atoms with van der Waals surface area (Å²) in [5.41, 5.74) is 0. The third kappa shape index (κ3) is 1.48. The maximum absolute atomic E-state index is 12.6. The molecule has 2 atom stereocenters. The van der Waals surface area contributed by atoms with E-state index in [0.29, 0.717) is 0 Å². The third-order valence-electron chi connectivity index (χ3n) is 1.86. The Labute approximate surface area is 62.4 Å². The van der Waals surface area contributed by atoms with Crippen molar-refractivity contribution in [1.29, 1.82) is 0 Å².